The molecule has 48 heavy (non-hydrogen) atoms. The Balaban J connectivity index is 1.62. The predicted octanol–water partition coefficient (Wildman–Crippen LogP) is 6.33. The molecule has 0 bridgehead atoms. The molecular formula is C33H41F3N4O6S2. The maximum atomic E-state index is 14.2. The first-order chi connectivity index (χ1) is 22.4. The number of allylic oxidation sites excluding steroid dienone is 3. The zero-order valence-corrected chi connectivity index (χ0v) is 28.9. The molecule has 0 spiro atoms. The highest BCUT2D eigenvalue weighted by Gasteiger charge is 2.47. The average Bonchev–Trinajstić information content (AvgIpc) is 3.46. The average molecular weight is 711 g/mol. The molecule has 0 radical (unpaired) electrons. The van der Waals surface area contributed by atoms with E-state index in [1.54, 1.807) is 0 Å². The summed E-state index contributed by atoms with van der Waals surface area (Å²) in [6, 6.07) is 11.5. The number of nitrogens with one attached hydrogen (secondary N) is 1. The quantitative estimate of drug-likeness (QED) is 0.173. The number of rotatable bonds is 14. The molecule has 0 saturated carbocycles. The largest absolute Gasteiger partial charge is 0.435 e. The van der Waals surface area contributed by atoms with Gasteiger partial charge in [0.1, 0.15) is 0 Å². The molecule has 1 amide bonds. The van der Waals surface area contributed by atoms with Gasteiger partial charge in [0.05, 0.1) is 21.9 Å². The van der Waals surface area contributed by atoms with E-state index in [1.165, 1.54) is 6.08 Å². The maximum Gasteiger partial charge on any atom is 0.435 e. The SMILES string of the molecule is CCCCC(CC)CNS(=O)(=O)CCCN1/C(=C/C=C2\C(=O)N(c3ccc(S(=O)(=O)O)cc3)N=C2C(F)(F)F)C(C)(C)c2ccccc21. The second kappa shape index (κ2) is 14.5. The number of hydrogen-bond donors (Lipinski definition) is 2. The normalized spacial score (nSPS) is 18.9. The number of hydrazone groups is 1. The van der Waals surface area contributed by atoms with Gasteiger partial charge < -0.3 is 4.90 Å². The topological polar surface area (TPSA) is 136 Å². The summed E-state index contributed by atoms with van der Waals surface area (Å²) in [5.41, 5.74) is -0.749. The Morgan fingerprint density at radius 2 is 1.67 bits per heavy atom. The lowest BCUT2D eigenvalue weighted by atomic mass is 9.83. The number of nitrogens with zero attached hydrogens (tertiary/aromatic N) is 3. The fraction of sp³-hybridized carbons (Fsp3) is 0.455. The van der Waals surface area contributed by atoms with Crippen LogP contribution >= 0.6 is 0 Å². The lowest BCUT2D eigenvalue weighted by Crippen LogP contribution is -2.33. The van der Waals surface area contributed by atoms with Gasteiger partial charge in [-0.15, -0.1) is 0 Å². The van der Waals surface area contributed by atoms with Crippen LogP contribution in [0.25, 0.3) is 0 Å². The van der Waals surface area contributed by atoms with Crippen LogP contribution in [0.5, 0.6) is 0 Å². The van der Waals surface area contributed by atoms with Crippen LogP contribution in [0.4, 0.5) is 24.5 Å². The van der Waals surface area contributed by atoms with Crippen molar-refractivity contribution in [1.82, 2.24) is 4.72 Å². The summed E-state index contributed by atoms with van der Waals surface area (Å²) in [5.74, 6) is -0.969. The van der Waals surface area contributed by atoms with Gasteiger partial charge >= 0.3 is 6.18 Å². The summed E-state index contributed by atoms with van der Waals surface area (Å²) in [7, 11) is -8.14. The number of alkyl halides is 3. The standard InChI is InChI=1S/C33H41F3N4O6S2/c1-5-7-11-23(6-2)22-37-47(42,43)21-10-20-39-28-13-9-8-12-27(28)32(3,4)29(39)19-18-26-30(33(34,35)36)38-40(31(26)41)24-14-16-25(17-15-24)48(44,45)46/h8-9,12-19,23,37H,5-7,10-11,20-22H2,1-4H3,(H,44,45,46)/b26-18-,29-19+. The number of fused-ring (bicyclic) bond motifs is 1. The van der Waals surface area contributed by atoms with Crippen molar-refractivity contribution in [3.05, 3.63) is 77.5 Å². The van der Waals surface area contributed by atoms with Crippen LogP contribution in [0.2, 0.25) is 0 Å². The van der Waals surface area contributed by atoms with E-state index >= 15 is 0 Å². The first-order valence-electron chi connectivity index (χ1n) is 15.8. The molecule has 2 aliphatic rings. The Kier molecular flexibility index (Phi) is 11.3. The van der Waals surface area contributed by atoms with Gasteiger partial charge in [0.25, 0.3) is 16.0 Å². The molecule has 0 aliphatic carbocycles. The highest BCUT2D eigenvalue weighted by atomic mass is 32.2. The number of hydrogen-bond acceptors (Lipinski definition) is 7. The number of carbonyl (C=O) groups excluding carboxylic acids is 1. The van der Waals surface area contributed by atoms with Crippen LogP contribution in [0.1, 0.15) is 65.4 Å². The summed E-state index contributed by atoms with van der Waals surface area (Å²) in [6.07, 6.45) is 1.62. The van der Waals surface area contributed by atoms with E-state index in [4.69, 9.17) is 0 Å². The molecule has 2 aromatic carbocycles. The molecule has 2 heterocycles. The second-order valence-corrected chi connectivity index (χ2v) is 15.7. The van der Waals surface area contributed by atoms with Crippen molar-refractivity contribution in [3.63, 3.8) is 0 Å². The van der Waals surface area contributed by atoms with Crippen LogP contribution in [0.3, 0.4) is 0 Å². The molecule has 15 heteroatoms. The van der Waals surface area contributed by atoms with Gasteiger partial charge in [0, 0.05) is 29.9 Å². The molecule has 1 unspecified atom stereocenters. The Morgan fingerprint density at radius 1 is 1.00 bits per heavy atom. The molecular weight excluding hydrogens is 670 g/mol. The maximum absolute atomic E-state index is 14.2. The zero-order chi connectivity index (χ0) is 35.5. The fourth-order valence-electron chi connectivity index (χ4n) is 5.93. The van der Waals surface area contributed by atoms with Crippen molar-refractivity contribution in [2.75, 3.05) is 28.8 Å². The van der Waals surface area contributed by atoms with Gasteiger partial charge in [-0.3, -0.25) is 9.35 Å². The number of benzene rings is 2. The van der Waals surface area contributed by atoms with Gasteiger partial charge in [-0.25, -0.2) is 13.1 Å². The van der Waals surface area contributed by atoms with Crippen molar-refractivity contribution >= 4 is 43.1 Å². The minimum absolute atomic E-state index is 0.133. The minimum Gasteiger partial charge on any atom is -0.344 e. The van der Waals surface area contributed by atoms with Crippen molar-refractivity contribution in [3.8, 4) is 0 Å². The number of halogens is 3. The number of amides is 1. The van der Waals surface area contributed by atoms with Crippen molar-refractivity contribution in [2.24, 2.45) is 11.0 Å². The third-order valence-corrected chi connectivity index (χ3v) is 11.0. The summed E-state index contributed by atoms with van der Waals surface area (Å²) in [4.78, 5) is 14.7. The number of unbranched alkanes of at least 4 members (excludes halogenated alkanes) is 1. The van der Waals surface area contributed by atoms with E-state index in [9.17, 15) is 39.4 Å². The van der Waals surface area contributed by atoms with Gasteiger partial charge in [0.15, 0.2) is 5.71 Å². The third-order valence-electron chi connectivity index (χ3n) is 8.66. The number of carbonyl (C=O) groups is 1. The van der Waals surface area contributed by atoms with Gasteiger partial charge in [-0.1, -0.05) is 65.2 Å². The first kappa shape index (κ1) is 37.3. The molecule has 4 rings (SSSR count). The van der Waals surface area contributed by atoms with Crippen LogP contribution < -0.4 is 14.6 Å². The summed E-state index contributed by atoms with van der Waals surface area (Å²) < 4.78 is 103. The minimum atomic E-state index is -4.99. The van der Waals surface area contributed by atoms with Crippen LogP contribution in [-0.2, 0) is 30.4 Å². The molecule has 2 N–H and O–H groups in total. The van der Waals surface area contributed by atoms with Crippen LogP contribution in [-0.4, -0.2) is 58.0 Å². The predicted molar refractivity (Wildman–Crippen MR) is 180 cm³/mol. The third kappa shape index (κ3) is 8.36. The van der Waals surface area contributed by atoms with Gasteiger partial charge in [0.2, 0.25) is 10.0 Å². The molecule has 10 nitrogen and oxygen atoms in total. The first-order valence-corrected chi connectivity index (χ1v) is 18.8. The summed E-state index contributed by atoms with van der Waals surface area (Å²) in [5, 5.41) is 4.06. The monoisotopic (exact) mass is 710 g/mol. The van der Waals surface area contributed by atoms with E-state index in [-0.39, 0.29) is 30.3 Å². The van der Waals surface area contributed by atoms with Crippen LogP contribution in [0.15, 0.2) is 82.0 Å². The van der Waals surface area contributed by atoms with Crippen molar-refractivity contribution in [1.29, 1.82) is 0 Å². The highest BCUT2D eigenvalue weighted by molar-refractivity contribution is 7.89. The van der Waals surface area contributed by atoms with Gasteiger partial charge in [-0.2, -0.15) is 31.7 Å². The van der Waals surface area contributed by atoms with Crippen LogP contribution in [0, 0.1) is 5.92 Å². The Hall–Kier alpha value is -3.53. The smallest absolute Gasteiger partial charge is 0.344 e. The molecule has 1 atom stereocenters. The second-order valence-electron chi connectivity index (χ2n) is 12.4. The molecule has 0 fully saturated rings. The lowest BCUT2D eigenvalue weighted by Gasteiger charge is -2.27. The van der Waals surface area contributed by atoms with E-state index in [2.05, 4.69) is 16.7 Å². The molecule has 2 aliphatic heterocycles. The van der Waals surface area contributed by atoms with E-state index in [0.29, 0.717) is 17.3 Å². The zero-order valence-electron chi connectivity index (χ0n) is 27.3. The lowest BCUT2D eigenvalue weighted by molar-refractivity contribution is -0.114. The Labute approximate surface area is 280 Å². The van der Waals surface area contributed by atoms with Crippen molar-refractivity contribution < 1.29 is 39.4 Å². The van der Waals surface area contributed by atoms with E-state index in [0.717, 1.165) is 67.3 Å². The fourth-order valence-corrected chi connectivity index (χ4v) is 7.55. The number of anilines is 2. The number of para-hydroxylation sites is 1. The Bertz CT molecular complexity index is 1820. The van der Waals surface area contributed by atoms with Gasteiger partial charge in [-0.05, 0) is 66.8 Å². The molecule has 0 saturated heterocycles. The molecule has 2 aromatic rings. The van der Waals surface area contributed by atoms with E-state index < -0.39 is 53.8 Å². The summed E-state index contributed by atoms with van der Waals surface area (Å²) >= 11 is 0. The molecule has 262 valence electrons. The number of sulfonamides is 1. The van der Waals surface area contributed by atoms with E-state index in [1.807, 2.05) is 49.9 Å². The highest BCUT2D eigenvalue weighted by Crippen LogP contribution is 2.47. The van der Waals surface area contributed by atoms with Crippen molar-refractivity contribution in [2.45, 2.75) is 76.3 Å². The Morgan fingerprint density at radius 3 is 2.27 bits per heavy atom. The summed E-state index contributed by atoms with van der Waals surface area (Å²) in [6.45, 7) is 8.55. The molecule has 0 aromatic heterocycles.